The lowest BCUT2D eigenvalue weighted by molar-refractivity contribution is -0.137. The number of alkyl halides is 3. The number of carboxylic acid groups (broad SMARTS) is 1. The molecule has 0 fully saturated rings. The van der Waals surface area contributed by atoms with Crippen molar-refractivity contribution in [2.24, 2.45) is 0 Å². The van der Waals surface area contributed by atoms with Gasteiger partial charge in [0, 0.05) is 5.69 Å². The van der Waals surface area contributed by atoms with Gasteiger partial charge in [0.15, 0.2) is 6.19 Å². The van der Waals surface area contributed by atoms with Crippen molar-refractivity contribution in [3.63, 3.8) is 0 Å². The zero-order valence-corrected chi connectivity index (χ0v) is 17.5. The molecule has 3 amide bonds. The number of carbonyl (C=O) groups excluding carboxylic acids is 1. The van der Waals surface area contributed by atoms with E-state index < -0.39 is 35.9 Å². The molecule has 3 N–H and O–H groups in total. The van der Waals surface area contributed by atoms with Crippen LogP contribution in [0.3, 0.4) is 0 Å². The van der Waals surface area contributed by atoms with Gasteiger partial charge in [0.25, 0.3) is 0 Å². The van der Waals surface area contributed by atoms with Gasteiger partial charge in [0.05, 0.1) is 17.6 Å². The Bertz CT molecular complexity index is 1160. The maximum absolute atomic E-state index is 13.1. The Kier molecular flexibility index (Phi) is 7.38. The maximum atomic E-state index is 13.1. The molecule has 0 radical (unpaired) electrons. The van der Waals surface area contributed by atoms with Crippen LogP contribution in [-0.4, -0.2) is 22.1 Å². The lowest BCUT2D eigenvalue weighted by Gasteiger charge is -2.33. The minimum Gasteiger partial charge on any atom is -0.465 e. The molecule has 0 bridgehead atoms. The van der Waals surface area contributed by atoms with E-state index in [2.05, 4.69) is 10.6 Å². The van der Waals surface area contributed by atoms with E-state index in [-0.39, 0.29) is 5.69 Å². The molecule has 0 aliphatic carbocycles. The average Bonchev–Trinajstić information content (AvgIpc) is 2.82. The standard InChI is InChI=1S/C24H19F3N4O3/c25-24(26,27)18-11-13-19(14-12-18)29-22(32)31(15-28)21(17-9-5-2-6-10-17)20(30-23(33)34)16-7-3-1-4-8-16/h1-14,20-21,30H,(H,29,32)(H,33,34)/t20-,21+/m0/s1. The number of hydrogen-bond donors (Lipinski definition) is 3. The highest BCUT2D eigenvalue weighted by Crippen LogP contribution is 2.35. The molecule has 7 nitrogen and oxygen atoms in total. The van der Waals surface area contributed by atoms with E-state index in [0.29, 0.717) is 11.1 Å². The summed E-state index contributed by atoms with van der Waals surface area (Å²) in [5, 5.41) is 24.1. The van der Waals surface area contributed by atoms with Crippen molar-refractivity contribution in [2.75, 3.05) is 5.32 Å². The van der Waals surface area contributed by atoms with Crippen LogP contribution < -0.4 is 10.6 Å². The number of nitrogens with zero attached hydrogens (tertiary/aromatic N) is 2. The first-order valence-corrected chi connectivity index (χ1v) is 9.97. The van der Waals surface area contributed by atoms with Crippen molar-refractivity contribution in [2.45, 2.75) is 18.3 Å². The molecule has 0 spiro atoms. The summed E-state index contributed by atoms with van der Waals surface area (Å²) >= 11 is 0. The third-order valence-corrected chi connectivity index (χ3v) is 4.96. The third-order valence-electron chi connectivity index (χ3n) is 4.96. The minimum absolute atomic E-state index is 0.0347. The SMILES string of the molecule is N#CN(C(=O)Nc1ccc(C(F)(F)F)cc1)[C@H](c1ccccc1)[C@@H](NC(=O)O)c1ccccc1. The van der Waals surface area contributed by atoms with E-state index in [1.165, 1.54) is 0 Å². The average molecular weight is 468 g/mol. The lowest BCUT2D eigenvalue weighted by atomic mass is 9.92. The van der Waals surface area contributed by atoms with Crippen LogP contribution >= 0.6 is 0 Å². The van der Waals surface area contributed by atoms with Crippen LogP contribution in [0.1, 0.15) is 28.8 Å². The van der Waals surface area contributed by atoms with Crippen LogP contribution in [0.25, 0.3) is 0 Å². The summed E-state index contributed by atoms with van der Waals surface area (Å²) in [6.45, 7) is 0. The Hall–Kier alpha value is -4.52. The van der Waals surface area contributed by atoms with E-state index in [4.69, 9.17) is 0 Å². The topological polar surface area (TPSA) is 105 Å². The van der Waals surface area contributed by atoms with Crippen LogP contribution in [0.5, 0.6) is 0 Å². The number of benzene rings is 3. The van der Waals surface area contributed by atoms with Gasteiger partial charge in [-0.3, -0.25) is 0 Å². The van der Waals surface area contributed by atoms with Gasteiger partial charge in [-0.05, 0) is 35.4 Å². The number of hydrogen-bond acceptors (Lipinski definition) is 3. The fourth-order valence-corrected chi connectivity index (χ4v) is 3.44. The largest absolute Gasteiger partial charge is 0.465 e. The molecule has 10 heteroatoms. The molecule has 0 heterocycles. The van der Waals surface area contributed by atoms with Crippen molar-refractivity contribution in [1.82, 2.24) is 10.2 Å². The van der Waals surface area contributed by atoms with Crippen molar-refractivity contribution < 1.29 is 27.9 Å². The molecule has 174 valence electrons. The quantitative estimate of drug-likeness (QED) is 0.315. The van der Waals surface area contributed by atoms with Crippen molar-refractivity contribution in [1.29, 1.82) is 5.26 Å². The Morgan fingerprint density at radius 1 is 0.882 bits per heavy atom. The Morgan fingerprint density at radius 2 is 1.41 bits per heavy atom. The third kappa shape index (κ3) is 5.83. The molecule has 3 aromatic carbocycles. The van der Waals surface area contributed by atoms with E-state index in [0.717, 1.165) is 29.2 Å². The first kappa shape index (κ1) is 24.1. The molecule has 3 rings (SSSR count). The Balaban J connectivity index is 1.99. The summed E-state index contributed by atoms with van der Waals surface area (Å²) in [5.74, 6) is 0. The van der Waals surface area contributed by atoms with Gasteiger partial charge in [-0.25, -0.2) is 14.5 Å². The van der Waals surface area contributed by atoms with Gasteiger partial charge < -0.3 is 15.7 Å². The summed E-state index contributed by atoms with van der Waals surface area (Å²) in [6, 6.07) is 17.4. The molecule has 3 aromatic rings. The van der Waals surface area contributed by atoms with Crippen molar-refractivity contribution >= 4 is 17.8 Å². The van der Waals surface area contributed by atoms with Gasteiger partial charge in [0.1, 0.15) is 0 Å². The molecule has 0 aliphatic heterocycles. The monoisotopic (exact) mass is 468 g/mol. The zero-order chi connectivity index (χ0) is 24.7. The molecule has 0 aliphatic rings. The Morgan fingerprint density at radius 3 is 1.88 bits per heavy atom. The minimum atomic E-state index is -4.54. The first-order chi connectivity index (χ1) is 16.2. The first-order valence-electron chi connectivity index (χ1n) is 9.97. The molecule has 0 saturated carbocycles. The second-order valence-electron chi connectivity index (χ2n) is 7.17. The smallest absolute Gasteiger partial charge is 0.416 e. The number of nitrogens with one attached hydrogen (secondary N) is 2. The van der Waals surface area contributed by atoms with E-state index in [1.54, 1.807) is 66.9 Å². The zero-order valence-electron chi connectivity index (χ0n) is 17.5. The van der Waals surface area contributed by atoms with Crippen molar-refractivity contribution in [3.8, 4) is 6.19 Å². The number of anilines is 1. The molecule has 34 heavy (non-hydrogen) atoms. The highest BCUT2D eigenvalue weighted by atomic mass is 19.4. The molecular weight excluding hydrogens is 449 g/mol. The van der Waals surface area contributed by atoms with Gasteiger partial charge in [-0.15, -0.1) is 0 Å². The van der Waals surface area contributed by atoms with Crippen LogP contribution in [0, 0.1) is 11.5 Å². The summed E-state index contributed by atoms with van der Waals surface area (Å²) < 4.78 is 38.5. The molecule has 0 aromatic heterocycles. The molecule has 0 saturated heterocycles. The molecule has 0 unspecified atom stereocenters. The molecular formula is C24H19F3N4O3. The van der Waals surface area contributed by atoms with Gasteiger partial charge in [-0.2, -0.15) is 18.4 Å². The summed E-state index contributed by atoms with van der Waals surface area (Å²) in [5.41, 5.74) is 0.114. The van der Waals surface area contributed by atoms with Crippen LogP contribution in [0.4, 0.5) is 28.4 Å². The van der Waals surface area contributed by atoms with Crippen LogP contribution in [0.2, 0.25) is 0 Å². The lowest BCUT2D eigenvalue weighted by Crippen LogP contribution is -2.42. The Labute approximate surface area is 193 Å². The normalized spacial score (nSPS) is 12.6. The predicted molar refractivity (Wildman–Crippen MR) is 117 cm³/mol. The molecule has 2 atom stereocenters. The highest BCUT2D eigenvalue weighted by molar-refractivity contribution is 5.90. The number of halogens is 3. The number of amides is 3. The van der Waals surface area contributed by atoms with Gasteiger partial charge in [-0.1, -0.05) is 60.7 Å². The van der Waals surface area contributed by atoms with Crippen molar-refractivity contribution in [3.05, 3.63) is 102 Å². The van der Waals surface area contributed by atoms with E-state index >= 15 is 0 Å². The highest BCUT2D eigenvalue weighted by Gasteiger charge is 2.35. The summed E-state index contributed by atoms with van der Waals surface area (Å²) in [4.78, 5) is 25.4. The fourth-order valence-electron chi connectivity index (χ4n) is 3.44. The van der Waals surface area contributed by atoms with Crippen LogP contribution in [0.15, 0.2) is 84.9 Å². The number of urea groups is 1. The number of carbonyl (C=O) groups is 2. The van der Waals surface area contributed by atoms with E-state index in [1.807, 2.05) is 0 Å². The fraction of sp³-hybridized carbons (Fsp3) is 0.125. The van der Waals surface area contributed by atoms with E-state index in [9.17, 15) is 33.1 Å². The summed E-state index contributed by atoms with van der Waals surface area (Å²) in [7, 11) is 0. The second-order valence-corrected chi connectivity index (χ2v) is 7.17. The van der Waals surface area contributed by atoms with Crippen LogP contribution in [-0.2, 0) is 6.18 Å². The number of nitriles is 1. The number of rotatable bonds is 6. The van der Waals surface area contributed by atoms with Gasteiger partial charge >= 0.3 is 18.3 Å². The van der Waals surface area contributed by atoms with Gasteiger partial charge in [0.2, 0.25) is 0 Å². The maximum Gasteiger partial charge on any atom is 0.416 e. The summed E-state index contributed by atoms with van der Waals surface area (Å²) in [6.07, 6.45) is -4.11. The second kappa shape index (κ2) is 10.4. The predicted octanol–water partition coefficient (Wildman–Crippen LogP) is 5.77.